The Morgan fingerprint density at radius 1 is 1.10 bits per heavy atom. The Kier molecular flexibility index (Phi) is 4.34. The van der Waals surface area contributed by atoms with E-state index in [1.807, 2.05) is 30.3 Å². The zero-order chi connectivity index (χ0) is 14.8. The van der Waals surface area contributed by atoms with E-state index in [2.05, 4.69) is 26.8 Å². The fourth-order valence-corrected chi connectivity index (χ4v) is 2.21. The van der Waals surface area contributed by atoms with Crippen LogP contribution in [0.2, 0.25) is 0 Å². The van der Waals surface area contributed by atoms with Crippen molar-refractivity contribution in [3.63, 3.8) is 0 Å². The van der Waals surface area contributed by atoms with E-state index in [0.29, 0.717) is 6.61 Å². The van der Waals surface area contributed by atoms with E-state index in [1.165, 1.54) is 0 Å². The summed E-state index contributed by atoms with van der Waals surface area (Å²) >= 11 is 0. The van der Waals surface area contributed by atoms with Crippen molar-refractivity contribution in [1.29, 1.82) is 0 Å². The van der Waals surface area contributed by atoms with Crippen molar-refractivity contribution < 1.29 is 9.84 Å². The summed E-state index contributed by atoms with van der Waals surface area (Å²) in [5.74, 6) is 0.822. The fraction of sp³-hybridized carbons (Fsp3) is 0.444. The first-order valence-electron chi connectivity index (χ1n) is 7.21. The minimum absolute atomic E-state index is 0.246. The van der Waals surface area contributed by atoms with Crippen molar-refractivity contribution in [3.05, 3.63) is 42.0 Å². The van der Waals surface area contributed by atoms with Crippen LogP contribution in [0, 0.1) is 5.41 Å². The van der Waals surface area contributed by atoms with Crippen molar-refractivity contribution in [1.82, 2.24) is 0 Å². The molecule has 2 aromatic carbocycles. The molecule has 2 aromatic rings. The van der Waals surface area contributed by atoms with Crippen LogP contribution in [-0.4, -0.2) is 11.7 Å². The van der Waals surface area contributed by atoms with E-state index >= 15 is 0 Å². The Labute approximate surface area is 121 Å². The molecular formula is C18H24O2. The lowest BCUT2D eigenvalue weighted by Crippen LogP contribution is -2.12. The van der Waals surface area contributed by atoms with Gasteiger partial charge >= 0.3 is 0 Å². The summed E-state index contributed by atoms with van der Waals surface area (Å²) < 4.78 is 6.03. The van der Waals surface area contributed by atoms with E-state index < -0.39 is 6.10 Å². The molecule has 0 aliphatic rings. The Bertz CT molecular complexity index is 579. The van der Waals surface area contributed by atoms with Crippen molar-refractivity contribution >= 4 is 10.8 Å². The summed E-state index contributed by atoms with van der Waals surface area (Å²) in [6.45, 7) is 9.05. The third-order valence-corrected chi connectivity index (χ3v) is 3.46. The van der Waals surface area contributed by atoms with Gasteiger partial charge in [-0.25, -0.2) is 0 Å². The Morgan fingerprint density at radius 3 is 2.45 bits per heavy atom. The zero-order valence-electron chi connectivity index (χ0n) is 12.8. The first kappa shape index (κ1) is 14.9. The monoisotopic (exact) mass is 272 g/mol. The molecule has 0 amide bonds. The number of benzene rings is 2. The van der Waals surface area contributed by atoms with E-state index in [4.69, 9.17) is 4.74 Å². The first-order valence-corrected chi connectivity index (χ1v) is 7.21. The molecule has 0 saturated heterocycles. The highest BCUT2D eigenvalue weighted by Crippen LogP contribution is 2.34. The second kappa shape index (κ2) is 5.84. The highest BCUT2D eigenvalue weighted by Gasteiger charge is 2.15. The SMILES string of the molecule is C[C@H](O)c1ccc2ccccc2c1OCCC(C)(C)C. The zero-order valence-corrected chi connectivity index (χ0v) is 12.8. The van der Waals surface area contributed by atoms with Gasteiger partial charge in [-0.1, -0.05) is 57.2 Å². The molecule has 0 aliphatic carbocycles. The van der Waals surface area contributed by atoms with Gasteiger partial charge in [-0.15, -0.1) is 0 Å². The van der Waals surface area contributed by atoms with Gasteiger partial charge in [-0.05, 0) is 24.1 Å². The predicted octanol–water partition coefficient (Wildman–Crippen LogP) is 4.71. The smallest absolute Gasteiger partial charge is 0.132 e. The summed E-state index contributed by atoms with van der Waals surface area (Å²) in [4.78, 5) is 0. The molecule has 108 valence electrons. The minimum atomic E-state index is -0.524. The van der Waals surface area contributed by atoms with Crippen LogP contribution in [0.5, 0.6) is 5.75 Å². The van der Waals surface area contributed by atoms with Crippen molar-refractivity contribution in [3.8, 4) is 5.75 Å². The van der Waals surface area contributed by atoms with E-state index in [9.17, 15) is 5.11 Å². The maximum absolute atomic E-state index is 9.94. The number of ether oxygens (including phenoxy) is 1. The number of aliphatic hydroxyl groups is 1. The quantitative estimate of drug-likeness (QED) is 0.873. The third-order valence-electron chi connectivity index (χ3n) is 3.46. The molecule has 1 N–H and O–H groups in total. The average molecular weight is 272 g/mol. The van der Waals surface area contributed by atoms with Crippen LogP contribution in [0.3, 0.4) is 0 Å². The van der Waals surface area contributed by atoms with Crippen LogP contribution in [0.25, 0.3) is 10.8 Å². The minimum Gasteiger partial charge on any atom is -0.493 e. The molecule has 0 fully saturated rings. The molecule has 0 aromatic heterocycles. The number of aliphatic hydroxyl groups excluding tert-OH is 1. The molecule has 1 atom stereocenters. The molecule has 0 unspecified atom stereocenters. The maximum Gasteiger partial charge on any atom is 0.132 e. The van der Waals surface area contributed by atoms with E-state index in [0.717, 1.165) is 28.5 Å². The van der Waals surface area contributed by atoms with Gasteiger partial charge in [0.25, 0.3) is 0 Å². The summed E-state index contributed by atoms with van der Waals surface area (Å²) in [6, 6.07) is 12.1. The topological polar surface area (TPSA) is 29.5 Å². The van der Waals surface area contributed by atoms with Gasteiger partial charge < -0.3 is 9.84 Å². The lowest BCUT2D eigenvalue weighted by atomic mass is 9.93. The van der Waals surface area contributed by atoms with Crippen LogP contribution < -0.4 is 4.74 Å². The predicted molar refractivity (Wildman–Crippen MR) is 84.1 cm³/mol. The first-order chi connectivity index (χ1) is 9.38. The summed E-state index contributed by atoms with van der Waals surface area (Å²) in [5, 5.41) is 12.2. The summed E-state index contributed by atoms with van der Waals surface area (Å²) in [7, 11) is 0. The standard InChI is InChI=1S/C18H24O2/c1-13(19)15-10-9-14-7-5-6-8-16(14)17(15)20-12-11-18(2,3)4/h5-10,13,19H,11-12H2,1-4H3/t13-/m0/s1. The van der Waals surface area contributed by atoms with Gasteiger partial charge in [-0.2, -0.15) is 0 Å². The molecule has 0 aliphatic heterocycles. The molecule has 2 heteroatoms. The van der Waals surface area contributed by atoms with Crippen molar-refractivity contribution in [2.45, 2.75) is 40.2 Å². The van der Waals surface area contributed by atoms with Gasteiger partial charge in [-0.3, -0.25) is 0 Å². The molecule has 0 heterocycles. The van der Waals surface area contributed by atoms with Gasteiger partial charge in [0.15, 0.2) is 0 Å². The van der Waals surface area contributed by atoms with Crippen LogP contribution in [0.4, 0.5) is 0 Å². The Morgan fingerprint density at radius 2 is 1.80 bits per heavy atom. The molecule has 0 saturated carbocycles. The van der Waals surface area contributed by atoms with Crippen LogP contribution in [0.1, 0.15) is 45.8 Å². The van der Waals surface area contributed by atoms with Crippen LogP contribution in [0.15, 0.2) is 36.4 Å². The van der Waals surface area contributed by atoms with Gasteiger partial charge in [0.1, 0.15) is 5.75 Å². The molecule has 2 rings (SSSR count). The van der Waals surface area contributed by atoms with Crippen LogP contribution in [-0.2, 0) is 0 Å². The molecule has 2 nitrogen and oxygen atoms in total. The number of fused-ring (bicyclic) bond motifs is 1. The van der Waals surface area contributed by atoms with E-state index in [-0.39, 0.29) is 5.41 Å². The lowest BCUT2D eigenvalue weighted by molar-refractivity contribution is 0.187. The largest absolute Gasteiger partial charge is 0.493 e. The van der Waals surface area contributed by atoms with Crippen LogP contribution >= 0.6 is 0 Å². The highest BCUT2D eigenvalue weighted by atomic mass is 16.5. The summed E-state index contributed by atoms with van der Waals surface area (Å²) in [6.07, 6.45) is 0.458. The Balaban J connectivity index is 2.35. The normalized spacial score (nSPS) is 13.4. The van der Waals surface area contributed by atoms with Gasteiger partial charge in [0, 0.05) is 10.9 Å². The molecule has 0 radical (unpaired) electrons. The summed E-state index contributed by atoms with van der Waals surface area (Å²) in [5.41, 5.74) is 1.10. The lowest BCUT2D eigenvalue weighted by Gasteiger charge is -2.20. The van der Waals surface area contributed by atoms with Crippen molar-refractivity contribution in [2.24, 2.45) is 5.41 Å². The van der Waals surface area contributed by atoms with Gasteiger partial charge in [0.2, 0.25) is 0 Å². The maximum atomic E-state index is 9.94. The Hall–Kier alpha value is -1.54. The molecule has 0 spiro atoms. The van der Waals surface area contributed by atoms with Gasteiger partial charge in [0.05, 0.1) is 12.7 Å². The number of hydrogen-bond donors (Lipinski definition) is 1. The molecular weight excluding hydrogens is 248 g/mol. The van der Waals surface area contributed by atoms with E-state index in [1.54, 1.807) is 6.92 Å². The fourth-order valence-electron chi connectivity index (χ4n) is 2.21. The number of rotatable bonds is 4. The highest BCUT2D eigenvalue weighted by molar-refractivity contribution is 5.89. The molecule has 0 bridgehead atoms. The number of hydrogen-bond acceptors (Lipinski definition) is 2. The van der Waals surface area contributed by atoms with Crippen molar-refractivity contribution in [2.75, 3.05) is 6.61 Å². The second-order valence-electron chi connectivity index (χ2n) is 6.54. The third kappa shape index (κ3) is 3.51. The molecule has 20 heavy (non-hydrogen) atoms. The second-order valence-corrected chi connectivity index (χ2v) is 6.54. The average Bonchev–Trinajstić information content (AvgIpc) is 2.37.